The van der Waals surface area contributed by atoms with E-state index in [0.717, 1.165) is 12.8 Å². The molecule has 0 spiro atoms. The fraction of sp³-hybridized carbons (Fsp3) is 0.304. The van der Waals surface area contributed by atoms with Gasteiger partial charge in [0.15, 0.2) is 0 Å². The monoisotopic (exact) mass is 300 g/mol. The number of aryl methyl sites for hydroxylation is 2. The third-order valence-electron chi connectivity index (χ3n) is 5.93. The zero-order valence-corrected chi connectivity index (χ0v) is 14.5. The molecule has 0 heteroatoms. The van der Waals surface area contributed by atoms with Crippen LogP contribution >= 0.6 is 0 Å². The van der Waals surface area contributed by atoms with Crippen LogP contribution in [0.3, 0.4) is 0 Å². The van der Waals surface area contributed by atoms with E-state index in [1.54, 1.807) is 5.56 Å². The number of hydrogen-bond acceptors (Lipinski definition) is 0. The lowest BCUT2D eigenvalue weighted by atomic mass is 9.73. The van der Waals surface area contributed by atoms with Crippen molar-refractivity contribution in [3.8, 4) is 11.1 Å². The zero-order valence-electron chi connectivity index (χ0n) is 14.5. The van der Waals surface area contributed by atoms with Gasteiger partial charge in [0.05, 0.1) is 0 Å². The largest absolute Gasteiger partial charge is 0.0642 e. The van der Waals surface area contributed by atoms with Gasteiger partial charge in [0.1, 0.15) is 0 Å². The van der Waals surface area contributed by atoms with Crippen LogP contribution in [0.5, 0.6) is 0 Å². The molecule has 0 radical (unpaired) electrons. The molecular weight excluding hydrogens is 276 g/mol. The van der Waals surface area contributed by atoms with Gasteiger partial charge >= 0.3 is 0 Å². The molecule has 0 nitrogen and oxygen atoms in total. The van der Waals surface area contributed by atoms with Crippen LogP contribution in [0.1, 0.15) is 48.9 Å². The van der Waals surface area contributed by atoms with Gasteiger partial charge in [-0.1, -0.05) is 67.9 Å². The Labute approximate surface area is 139 Å². The molecule has 0 amide bonds. The Kier molecular flexibility index (Phi) is 3.13. The van der Waals surface area contributed by atoms with Crippen molar-refractivity contribution in [2.75, 3.05) is 0 Å². The minimum Gasteiger partial charge on any atom is -0.0642 e. The maximum absolute atomic E-state index is 2.46. The first-order valence-corrected chi connectivity index (χ1v) is 8.76. The molecule has 116 valence electrons. The van der Waals surface area contributed by atoms with Crippen molar-refractivity contribution in [1.29, 1.82) is 0 Å². The third-order valence-corrected chi connectivity index (χ3v) is 5.93. The van der Waals surface area contributed by atoms with Crippen LogP contribution < -0.4 is 0 Å². The van der Waals surface area contributed by atoms with Crippen LogP contribution in [0.4, 0.5) is 0 Å². The summed E-state index contributed by atoms with van der Waals surface area (Å²) in [4.78, 5) is 0. The van der Waals surface area contributed by atoms with E-state index in [4.69, 9.17) is 0 Å². The molecular formula is C23H24. The first-order valence-electron chi connectivity index (χ1n) is 8.76. The van der Waals surface area contributed by atoms with Gasteiger partial charge in [0, 0.05) is 5.41 Å². The summed E-state index contributed by atoms with van der Waals surface area (Å²) in [7, 11) is 0. The molecule has 0 unspecified atom stereocenters. The van der Waals surface area contributed by atoms with Crippen LogP contribution in [-0.2, 0) is 5.41 Å². The van der Waals surface area contributed by atoms with Crippen molar-refractivity contribution in [1.82, 2.24) is 0 Å². The predicted octanol–water partition coefficient (Wildman–Crippen LogP) is 6.54. The van der Waals surface area contributed by atoms with Crippen LogP contribution in [0, 0.1) is 13.8 Å². The van der Waals surface area contributed by atoms with Crippen molar-refractivity contribution in [2.24, 2.45) is 0 Å². The smallest absolute Gasteiger partial charge is 0.0210 e. The first-order chi connectivity index (χ1) is 11.1. The maximum atomic E-state index is 2.46. The molecule has 3 aromatic rings. The highest BCUT2D eigenvalue weighted by Crippen LogP contribution is 2.55. The van der Waals surface area contributed by atoms with Gasteiger partial charge in [-0.15, -0.1) is 0 Å². The van der Waals surface area contributed by atoms with E-state index < -0.39 is 0 Å². The Balaban J connectivity index is 2.22. The second kappa shape index (κ2) is 4.96. The molecule has 23 heavy (non-hydrogen) atoms. The van der Waals surface area contributed by atoms with Crippen LogP contribution in [0.25, 0.3) is 21.9 Å². The third kappa shape index (κ3) is 1.78. The number of rotatable bonds is 2. The Morgan fingerprint density at radius 3 is 2.17 bits per heavy atom. The lowest BCUT2D eigenvalue weighted by molar-refractivity contribution is 0.490. The first kappa shape index (κ1) is 14.5. The summed E-state index contributed by atoms with van der Waals surface area (Å²) in [5, 5.41) is 2.80. The standard InChI is InChI=1S/C23H24/c1-5-23(6-2)20-13-15(3)11-12-19(20)22-18-10-8-7-9-17(18)16(4)14-21(22)23/h7-14H,5-6H2,1-4H3. The van der Waals surface area contributed by atoms with Gasteiger partial charge in [-0.25, -0.2) is 0 Å². The summed E-state index contributed by atoms with van der Waals surface area (Å²) < 4.78 is 0. The molecule has 0 N–H and O–H groups in total. The molecule has 0 aromatic heterocycles. The lowest BCUT2D eigenvalue weighted by Gasteiger charge is -2.30. The fourth-order valence-corrected chi connectivity index (χ4v) is 4.65. The van der Waals surface area contributed by atoms with Crippen LogP contribution in [-0.4, -0.2) is 0 Å². The van der Waals surface area contributed by atoms with Gasteiger partial charge in [-0.2, -0.15) is 0 Å². The average Bonchev–Trinajstić information content (AvgIpc) is 2.84. The van der Waals surface area contributed by atoms with E-state index in [0.29, 0.717) is 0 Å². The second-order valence-electron chi connectivity index (χ2n) is 7.00. The van der Waals surface area contributed by atoms with E-state index in [1.807, 2.05) is 0 Å². The van der Waals surface area contributed by atoms with Gasteiger partial charge in [0.25, 0.3) is 0 Å². The van der Waals surface area contributed by atoms with E-state index in [9.17, 15) is 0 Å². The van der Waals surface area contributed by atoms with Gasteiger partial charge in [-0.3, -0.25) is 0 Å². The molecule has 0 atom stereocenters. The second-order valence-corrected chi connectivity index (χ2v) is 7.00. The summed E-state index contributed by atoms with van der Waals surface area (Å²) in [5.74, 6) is 0. The minimum absolute atomic E-state index is 0.172. The fourth-order valence-electron chi connectivity index (χ4n) is 4.65. The van der Waals surface area contributed by atoms with Crippen molar-refractivity contribution in [3.63, 3.8) is 0 Å². The molecule has 1 aliphatic rings. The molecule has 0 saturated heterocycles. The maximum Gasteiger partial charge on any atom is 0.0210 e. The lowest BCUT2D eigenvalue weighted by Crippen LogP contribution is -2.23. The summed E-state index contributed by atoms with van der Waals surface area (Å²) in [6.45, 7) is 9.15. The SMILES string of the molecule is CCC1(CC)c2cc(C)ccc2-c2c1cc(C)c1ccccc21. The Morgan fingerprint density at radius 2 is 1.48 bits per heavy atom. The molecule has 0 heterocycles. The molecule has 0 aliphatic heterocycles. The van der Waals surface area contributed by atoms with E-state index in [2.05, 4.69) is 76.2 Å². The number of benzene rings is 3. The molecule has 0 saturated carbocycles. The Morgan fingerprint density at radius 1 is 0.783 bits per heavy atom. The van der Waals surface area contributed by atoms with Crippen molar-refractivity contribution >= 4 is 10.8 Å². The molecule has 1 aliphatic carbocycles. The van der Waals surface area contributed by atoms with Crippen molar-refractivity contribution in [3.05, 3.63) is 70.8 Å². The summed E-state index contributed by atoms with van der Waals surface area (Å²) >= 11 is 0. The summed E-state index contributed by atoms with van der Waals surface area (Å²) in [6.07, 6.45) is 2.31. The zero-order chi connectivity index (χ0) is 16.2. The topological polar surface area (TPSA) is 0 Å². The van der Waals surface area contributed by atoms with Gasteiger partial charge in [-0.05, 0) is 65.3 Å². The Bertz CT molecular complexity index is 911. The molecule has 4 rings (SSSR count). The summed E-state index contributed by atoms with van der Waals surface area (Å²) in [6, 6.07) is 18.4. The predicted molar refractivity (Wildman–Crippen MR) is 100 cm³/mol. The van der Waals surface area contributed by atoms with Gasteiger partial charge in [0.2, 0.25) is 0 Å². The quantitative estimate of drug-likeness (QED) is 0.504. The normalized spacial score (nSPS) is 14.8. The van der Waals surface area contributed by atoms with Gasteiger partial charge < -0.3 is 0 Å². The van der Waals surface area contributed by atoms with E-state index in [-0.39, 0.29) is 5.41 Å². The molecule has 0 fully saturated rings. The summed E-state index contributed by atoms with van der Waals surface area (Å²) in [5.41, 5.74) is 8.94. The molecule has 3 aromatic carbocycles. The van der Waals surface area contributed by atoms with Crippen LogP contribution in [0.2, 0.25) is 0 Å². The van der Waals surface area contributed by atoms with Crippen molar-refractivity contribution < 1.29 is 0 Å². The van der Waals surface area contributed by atoms with Crippen LogP contribution in [0.15, 0.2) is 48.5 Å². The van der Waals surface area contributed by atoms with E-state index >= 15 is 0 Å². The molecule has 0 bridgehead atoms. The van der Waals surface area contributed by atoms with E-state index in [1.165, 1.54) is 38.6 Å². The van der Waals surface area contributed by atoms with Crippen molar-refractivity contribution in [2.45, 2.75) is 46.0 Å². The minimum atomic E-state index is 0.172. The average molecular weight is 300 g/mol. The number of hydrogen-bond donors (Lipinski definition) is 0. The Hall–Kier alpha value is -2.08. The highest BCUT2D eigenvalue weighted by atomic mass is 14.4. The highest BCUT2D eigenvalue weighted by molar-refractivity contribution is 6.03. The highest BCUT2D eigenvalue weighted by Gasteiger charge is 2.41. The number of fused-ring (bicyclic) bond motifs is 5.